The summed E-state index contributed by atoms with van der Waals surface area (Å²) in [6, 6.07) is -0.506. The van der Waals surface area contributed by atoms with Crippen molar-refractivity contribution in [2.24, 2.45) is 5.92 Å². The van der Waals surface area contributed by atoms with Crippen LogP contribution in [0.2, 0.25) is 0 Å². The van der Waals surface area contributed by atoms with Crippen LogP contribution in [-0.2, 0) is 23.9 Å². The molecule has 238 valence electrons. The van der Waals surface area contributed by atoms with Crippen LogP contribution in [0.5, 0.6) is 0 Å². The molecule has 0 saturated carbocycles. The molecule has 4 unspecified atom stereocenters. The minimum atomic E-state index is -1.03. The molecule has 0 bridgehead atoms. The van der Waals surface area contributed by atoms with E-state index in [1.165, 1.54) is 11.8 Å². The molecule has 0 saturated heterocycles. The number of hydrogen-bond acceptors (Lipinski definition) is 10. The predicted octanol–water partition coefficient (Wildman–Crippen LogP) is 1.15. The lowest BCUT2D eigenvalue weighted by molar-refractivity contribution is -0.146. The van der Waals surface area contributed by atoms with Gasteiger partial charge in [0.1, 0.15) is 6.61 Å². The van der Waals surface area contributed by atoms with E-state index in [1.54, 1.807) is 46.8 Å². The molecule has 0 radical (unpaired) electrons. The van der Waals surface area contributed by atoms with Crippen LogP contribution < -0.4 is 26.6 Å². The van der Waals surface area contributed by atoms with Crippen molar-refractivity contribution in [3.05, 3.63) is 12.2 Å². The van der Waals surface area contributed by atoms with Crippen molar-refractivity contribution in [1.29, 1.82) is 0 Å². The standard InChI is InChI=1S/C29H55N5O6S/c1-9-12-29(8,25(36)11-13-31-26(37)19-41-17-16-40-28(39)20(3)4)33-18-24(35)22(6)34-23(7)27(38)32-15-14-30-21(5)10-2/h9,12,20-24,30,33-35H,10-11,13-19H2,1-8H3,(H,31,37)(H,32,38)/t21?,22?,23-,24?,29?/m0/s1. The zero-order valence-electron chi connectivity index (χ0n) is 26.3. The first-order valence-corrected chi connectivity index (χ1v) is 15.8. The molecule has 0 spiro atoms. The van der Waals surface area contributed by atoms with E-state index in [4.69, 9.17) is 4.74 Å². The number of thioether (sulfide) groups is 1. The highest BCUT2D eigenvalue weighted by molar-refractivity contribution is 7.99. The quantitative estimate of drug-likeness (QED) is 0.0570. The number of carbonyl (C=O) groups excluding carboxylic acids is 4. The predicted molar refractivity (Wildman–Crippen MR) is 166 cm³/mol. The van der Waals surface area contributed by atoms with Gasteiger partial charge in [0, 0.05) is 50.4 Å². The second-order valence-corrected chi connectivity index (χ2v) is 11.9. The Bertz CT molecular complexity index is 828. The molecule has 6 N–H and O–H groups in total. The van der Waals surface area contributed by atoms with Crippen LogP contribution in [0.25, 0.3) is 0 Å². The van der Waals surface area contributed by atoms with Gasteiger partial charge in [0.15, 0.2) is 5.78 Å². The van der Waals surface area contributed by atoms with Gasteiger partial charge < -0.3 is 31.1 Å². The lowest BCUT2D eigenvalue weighted by Crippen LogP contribution is -2.56. The fourth-order valence-electron chi connectivity index (χ4n) is 3.62. The highest BCUT2D eigenvalue weighted by Crippen LogP contribution is 2.11. The zero-order valence-corrected chi connectivity index (χ0v) is 27.1. The largest absolute Gasteiger partial charge is 0.465 e. The first-order chi connectivity index (χ1) is 19.3. The van der Waals surface area contributed by atoms with Crippen molar-refractivity contribution in [2.75, 3.05) is 44.3 Å². The Hall–Kier alpha value is -1.99. The molecule has 0 aromatic heterocycles. The number of amides is 2. The summed E-state index contributed by atoms with van der Waals surface area (Å²) in [6.07, 6.45) is 3.78. The van der Waals surface area contributed by atoms with Gasteiger partial charge in [-0.2, -0.15) is 0 Å². The van der Waals surface area contributed by atoms with E-state index < -0.39 is 23.7 Å². The first kappa shape index (κ1) is 39.0. The van der Waals surface area contributed by atoms with E-state index >= 15 is 0 Å². The summed E-state index contributed by atoms with van der Waals surface area (Å²) in [7, 11) is 0. The Morgan fingerprint density at radius 3 is 2.32 bits per heavy atom. The Labute approximate surface area is 251 Å². The van der Waals surface area contributed by atoms with Gasteiger partial charge in [-0.3, -0.25) is 24.5 Å². The van der Waals surface area contributed by atoms with Gasteiger partial charge >= 0.3 is 5.97 Å². The van der Waals surface area contributed by atoms with Gasteiger partial charge in [0.25, 0.3) is 0 Å². The van der Waals surface area contributed by atoms with Crippen molar-refractivity contribution < 1.29 is 29.0 Å². The summed E-state index contributed by atoms with van der Waals surface area (Å²) in [5.41, 5.74) is -1.03. The smallest absolute Gasteiger partial charge is 0.308 e. The van der Waals surface area contributed by atoms with Gasteiger partial charge in [-0.05, 0) is 41.0 Å². The Morgan fingerprint density at radius 1 is 1.02 bits per heavy atom. The Kier molecular flexibility index (Phi) is 20.6. The molecule has 0 fully saturated rings. The molecule has 0 rings (SSSR count). The second-order valence-electron chi connectivity index (χ2n) is 10.8. The Morgan fingerprint density at radius 2 is 1.71 bits per heavy atom. The van der Waals surface area contributed by atoms with E-state index in [0.717, 1.165) is 6.42 Å². The molecular weight excluding hydrogens is 546 g/mol. The summed E-state index contributed by atoms with van der Waals surface area (Å²) in [6.45, 7) is 16.6. The molecular formula is C29H55N5O6S. The van der Waals surface area contributed by atoms with E-state index in [0.29, 0.717) is 24.9 Å². The van der Waals surface area contributed by atoms with Crippen molar-refractivity contribution in [1.82, 2.24) is 26.6 Å². The van der Waals surface area contributed by atoms with E-state index in [-0.39, 0.29) is 61.4 Å². The summed E-state index contributed by atoms with van der Waals surface area (Å²) < 4.78 is 5.08. The summed E-state index contributed by atoms with van der Waals surface area (Å²) in [4.78, 5) is 48.9. The number of Topliss-reactive ketones (excluding diaryl/α,β-unsaturated/α-hetero) is 1. The fraction of sp³-hybridized carbons (Fsp3) is 0.793. The average Bonchev–Trinajstić information content (AvgIpc) is 2.93. The number of aliphatic hydroxyl groups is 1. The highest BCUT2D eigenvalue weighted by Gasteiger charge is 2.31. The number of nitrogens with one attached hydrogen (secondary N) is 5. The molecule has 0 aromatic carbocycles. The third kappa shape index (κ3) is 17.5. The Balaban J connectivity index is 4.51. The number of rotatable bonds is 23. The number of ether oxygens (including phenoxy) is 1. The number of ketones is 1. The SMILES string of the molecule is CC=CC(C)(NCC(O)C(C)N[C@@H](C)C(=O)NCCNC(C)CC)C(=O)CCNC(=O)CSCCOC(=O)C(C)C. The number of aliphatic hydroxyl groups excluding tert-OH is 1. The molecule has 0 aliphatic rings. The van der Waals surface area contributed by atoms with E-state index in [2.05, 4.69) is 40.4 Å². The van der Waals surface area contributed by atoms with Crippen LogP contribution in [0.15, 0.2) is 12.2 Å². The van der Waals surface area contributed by atoms with Crippen molar-refractivity contribution >= 4 is 35.3 Å². The summed E-state index contributed by atoms with van der Waals surface area (Å²) in [5.74, 6) is -0.186. The maximum atomic E-state index is 13.0. The molecule has 5 atom stereocenters. The maximum absolute atomic E-state index is 13.0. The fourth-order valence-corrected chi connectivity index (χ4v) is 4.25. The van der Waals surface area contributed by atoms with Crippen molar-refractivity contribution in [3.8, 4) is 0 Å². The number of β-amino-alcohol motifs (C(OH)–C–C–N with tert-alkyl or cyclic N) is 1. The zero-order chi connectivity index (χ0) is 31.4. The summed E-state index contributed by atoms with van der Waals surface area (Å²) in [5, 5.41) is 25.9. The van der Waals surface area contributed by atoms with Gasteiger partial charge in [0.05, 0.1) is 29.4 Å². The molecule has 11 nitrogen and oxygen atoms in total. The van der Waals surface area contributed by atoms with Gasteiger partial charge in [-0.15, -0.1) is 11.8 Å². The number of esters is 1. The summed E-state index contributed by atoms with van der Waals surface area (Å²) >= 11 is 1.35. The average molecular weight is 602 g/mol. The molecule has 2 amide bonds. The van der Waals surface area contributed by atoms with Gasteiger partial charge in [0.2, 0.25) is 11.8 Å². The van der Waals surface area contributed by atoms with E-state index in [9.17, 15) is 24.3 Å². The normalized spacial score (nSPS) is 16.0. The number of hydrogen-bond donors (Lipinski definition) is 6. The van der Waals surface area contributed by atoms with Crippen LogP contribution in [-0.4, -0.2) is 103 Å². The van der Waals surface area contributed by atoms with Gasteiger partial charge in [-0.25, -0.2) is 0 Å². The third-order valence-corrected chi connectivity index (χ3v) is 7.54. The highest BCUT2D eigenvalue weighted by atomic mass is 32.2. The molecule has 12 heteroatoms. The lowest BCUT2D eigenvalue weighted by atomic mass is 9.92. The van der Waals surface area contributed by atoms with E-state index in [1.807, 2.05) is 6.92 Å². The maximum Gasteiger partial charge on any atom is 0.308 e. The second kappa shape index (κ2) is 21.7. The van der Waals surface area contributed by atoms with Crippen LogP contribution in [0, 0.1) is 5.92 Å². The lowest BCUT2D eigenvalue weighted by Gasteiger charge is -2.30. The molecule has 0 aliphatic heterocycles. The van der Waals surface area contributed by atoms with Crippen molar-refractivity contribution in [2.45, 2.75) is 98.0 Å². The number of allylic oxidation sites excluding steroid dienone is 1. The minimum Gasteiger partial charge on any atom is -0.465 e. The van der Waals surface area contributed by atoms with Crippen molar-refractivity contribution in [3.63, 3.8) is 0 Å². The minimum absolute atomic E-state index is 0.114. The van der Waals surface area contributed by atoms with Crippen LogP contribution >= 0.6 is 11.8 Å². The molecule has 0 aliphatic carbocycles. The van der Waals surface area contributed by atoms with Crippen LogP contribution in [0.4, 0.5) is 0 Å². The molecule has 0 heterocycles. The van der Waals surface area contributed by atoms with Crippen LogP contribution in [0.1, 0.15) is 68.2 Å². The molecule has 41 heavy (non-hydrogen) atoms. The first-order valence-electron chi connectivity index (χ1n) is 14.7. The topological polar surface area (TPSA) is 158 Å². The van der Waals surface area contributed by atoms with Crippen LogP contribution in [0.3, 0.4) is 0 Å². The molecule has 0 aromatic rings. The monoisotopic (exact) mass is 601 g/mol. The van der Waals surface area contributed by atoms with Gasteiger partial charge in [-0.1, -0.05) is 32.9 Å². The third-order valence-electron chi connectivity index (χ3n) is 6.62. The number of carbonyl (C=O) groups is 4.